The molecule has 4 aliphatic heterocycles. The van der Waals surface area contributed by atoms with Crippen LogP contribution in [0.4, 0.5) is 0 Å². The van der Waals surface area contributed by atoms with Crippen LogP contribution in [-0.4, -0.2) is 61.4 Å². The lowest BCUT2D eigenvalue weighted by Crippen LogP contribution is -2.38. The number of carboxylic acids is 1. The molecule has 1 fully saturated rings. The number of hydrogen-bond donors (Lipinski definition) is 1. The van der Waals surface area contributed by atoms with Crippen LogP contribution in [0.2, 0.25) is 0 Å². The molecule has 7 heterocycles. The maximum Gasteiger partial charge on any atom is 0.346 e. The summed E-state index contributed by atoms with van der Waals surface area (Å²) in [4.78, 5) is 15.9. The largest absolute Gasteiger partial charge is 0.491 e. The summed E-state index contributed by atoms with van der Waals surface area (Å²) in [5, 5.41) is 21.6. The second-order valence-electron chi connectivity index (χ2n) is 14.5. The molecule has 0 bridgehead atoms. The van der Waals surface area contributed by atoms with E-state index in [1.807, 2.05) is 0 Å². The Labute approximate surface area is 337 Å². The zero-order valence-electron chi connectivity index (χ0n) is 31.5. The number of nitrogens with zero attached hydrogens (tertiary/aromatic N) is 2. The molecule has 3 atom stereocenters. The quantitative estimate of drug-likeness (QED) is 0.102. The number of para-hydroxylation sites is 1. The average Bonchev–Trinajstić information content (AvgIpc) is 3.97. The van der Waals surface area contributed by atoms with Gasteiger partial charge in [-0.3, -0.25) is 0 Å². The number of unbranched alkanes of at least 4 members (excludes halogenated alkanes) is 1. The molecular weight excluding hydrogens is 769 g/mol. The third-order valence-electron chi connectivity index (χ3n) is 11.0. The van der Waals surface area contributed by atoms with Gasteiger partial charge >= 0.3 is 5.97 Å². The van der Waals surface area contributed by atoms with E-state index in [0.29, 0.717) is 67.7 Å². The number of carbonyl (C=O) groups is 1. The molecule has 56 heavy (non-hydrogen) atoms. The number of aliphatic carboxylic acids is 1. The summed E-state index contributed by atoms with van der Waals surface area (Å²) in [5.41, 5.74) is 3.18. The summed E-state index contributed by atoms with van der Waals surface area (Å²) in [5.74, 6) is 2.41. The smallest absolute Gasteiger partial charge is 0.346 e. The first-order valence-corrected chi connectivity index (χ1v) is 21.7. The molecule has 5 aromatic rings. The fraction of sp³-hybridized carbons (Fsp3) is 0.395. The topological polar surface area (TPSA) is 121 Å². The Balaban J connectivity index is 1.14. The Kier molecular flexibility index (Phi) is 9.94. The van der Waals surface area contributed by atoms with Crippen molar-refractivity contribution in [3.05, 3.63) is 68.4 Å². The lowest BCUT2D eigenvalue weighted by atomic mass is 9.98. The van der Waals surface area contributed by atoms with Crippen LogP contribution in [0.15, 0.2) is 53.8 Å². The first kappa shape index (κ1) is 37.0. The molecule has 0 spiro atoms. The van der Waals surface area contributed by atoms with E-state index >= 15 is 0 Å². The normalized spacial score (nSPS) is 20.9. The van der Waals surface area contributed by atoms with Gasteiger partial charge in [-0.2, -0.15) is 5.26 Å². The summed E-state index contributed by atoms with van der Waals surface area (Å²) in [6.45, 7) is 10.1. The zero-order chi connectivity index (χ0) is 38.6. The van der Waals surface area contributed by atoms with E-state index < -0.39 is 16.8 Å². The maximum atomic E-state index is 11.8. The number of benzene rings is 2. The number of ether oxygens (including phenoxy) is 6. The lowest BCUT2D eigenvalue weighted by molar-refractivity contribution is -0.132. The molecular formula is C43H42N2O8S3. The molecule has 290 valence electrons. The van der Waals surface area contributed by atoms with Crippen molar-refractivity contribution in [2.24, 2.45) is 5.92 Å². The highest BCUT2D eigenvalue weighted by Crippen LogP contribution is 2.66. The highest BCUT2D eigenvalue weighted by Gasteiger charge is 2.55. The van der Waals surface area contributed by atoms with Crippen LogP contribution in [0, 0.1) is 17.2 Å². The van der Waals surface area contributed by atoms with Crippen molar-refractivity contribution >= 4 is 73.2 Å². The van der Waals surface area contributed by atoms with Gasteiger partial charge in [0, 0.05) is 28.4 Å². The van der Waals surface area contributed by atoms with Gasteiger partial charge in [-0.1, -0.05) is 57.4 Å². The van der Waals surface area contributed by atoms with Gasteiger partial charge in [-0.15, -0.1) is 34.4 Å². The van der Waals surface area contributed by atoms with Crippen molar-refractivity contribution in [2.45, 2.75) is 63.9 Å². The molecule has 0 aliphatic carbocycles. The van der Waals surface area contributed by atoms with Gasteiger partial charge in [0.25, 0.3) is 0 Å². The molecule has 0 radical (unpaired) electrons. The number of carboxylic acid groups (broad SMARTS) is 1. The highest BCUT2D eigenvalue weighted by atomic mass is 32.2. The monoisotopic (exact) mass is 810 g/mol. The molecule has 10 nitrogen and oxygen atoms in total. The standard InChI is InChI=1S/C43H42N2O8S3/c1-4-6-9-24(5-2)23-45-29-11-8-7-10-27(29)28-20-25(12-13-30(28)45)37-34-35(51-17-16-50-34)41(55-37)43(3)40-36(52-18-19-53-40)39(56-43)38-33-32(48-14-15-49-33)31(54-38)21-26(22-44)42(46)47/h7-8,10-13,20-21,24,40H,4-6,9,14-19,23H2,1-3H3,(H,46,47)/b26-21+. The molecule has 13 heteroatoms. The van der Waals surface area contributed by atoms with Crippen LogP contribution in [-0.2, 0) is 25.6 Å². The fourth-order valence-electron chi connectivity index (χ4n) is 8.23. The van der Waals surface area contributed by atoms with Crippen LogP contribution in [0.1, 0.15) is 61.1 Å². The SMILES string of the molecule is CCCCC(CC)Cn1c2ccccc2c2cc(-c3sc(C4(C)SC(c5sc(/C=C(\C#N)C(=O)O)c6c5OCCO6)=C5OCCOC54)c4c3OCCO4)ccc21. The third kappa shape index (κ3) is 6.13. The first-order valence-electron chi connectivity index (χ1n) is 19.2. The molecule has 3 unspecified atom stereocenters. The maximum absolute atomic E-state index is 11.8. The molecule has 9 rings (SSSR count). The van der Waals surface area contributed by atoms with E-state index in [1.165, 1.54) is 58.5 Å². The van der Waals surface area contributed by atoms with Crippen LogP contribution >= 0.6 is 34.4 Å². The lowest BCUT2D eigenvalue weighted by Gasteiger charge is -2.34. The van der Waals surface area contributed by atoms with Crippen molar-refractivity contribution in [1.82, 2.24) is 4.57 Å². The number of thiophene rings is 2. The highest BCUT2D eigenvalue weighted by molar-refractivity contribution is 8.09. The van der Waals surface area contributed by atoms with E-state index in [2.05, 4.69) is 67.8 Å². The number of hydrogen-bond acceptors (Lipinski definition) is 11. The summed E-state index contributed by atoms with van der Waals surface area (Å²) < 4.78 is 40.0. The Morgan fingerprint density at radius 1 is 0.929 bits per heavy atom. The Hall–Kier alpha value is -4.61. The van der Waals surface area contributed by atoms with E-state index in [-0.39, 0.29) is 5.57 Å². The van der Waals surface area contributed by atoms with Crippen molar-refractivity contribution in [2.75, 3.05) is 39.6 Å². The summed E-state index contributed by atoms with van der Waals surface area (Å²) in [6.07, 6.45) is 5.73. The Morgan fingerprint density at radius 3 is 2.39 bits per heavy atom. The van der Waals surface area contributed by atoms with Crippen molar-refractivity contribution < 1.29 is 38.3 Å². The van der Waals surface area contributed by atoms with E-state index in [9.17, 15) is 15.2 Å². The number of fused-ring (bicyclic) bond motifs is 6. The minimum atomic E-state index is -1.31. The molecule has 4 aliphatic rings. The van der Waals surface area contributed by atoms with Crippen molar-refractivity contribution in [3.8, 4) is 39.5 Å². The van der Waals surface area contributed by atoms with Crippen LogP contribution in [0.3, 0.4) is 0 Å². The van der Waals surface area contributed by atoms with Crippen LogP contribution in [0.25, 0.3) is 43.2 Å². The molecule has 1 saturated heterocycles. The van der Waals surface area contributed by atoms with Gasteiger partial charge in [0.1, 0.15) is 56.5 Å². The number of rotatable bonds is 11. The Bertz CT molecular complexity index is 2470. The van der Waals surface area contributed by atoms with E-state index in [0.717, 1.165) is 49.6 Å². The molecule has 1 N–H and O–H groups in total. The van der Waals surface area contributed by atoms with E-state index in [1.54, 1.807) is 29.2 Å². The second-order valence-corrected chi connectivity index (χ2v) is 18.1. The summed E-state index contributed by atoms with van der Waals surface area (Å²) >= 11 is 4.60. The zero-order valence-corrected chi connectivity index (χ0v) is 33.9. The summed E-state index contributed by atoms with van der Waals surface area (Å²) in [7, 11) is 0. The Morgan fingerprint density at radius 2 is 1.64 bits per heavy atom. The predicted octanol–water partition coefficient (Wildman–Crippen LogP) is 10.1. The van der Waals surface area contributed by atoms with Gasteiger partial charge in [0.2, 0.25) is 0 Å². The molecule has 0 amide bonds. The average molecular weight is 811 g/mol. The minimum Gasteiger partial charge on any atom is -0.491 e. The van der Waals surface area contributed by atoms with Gasteiger partial charge in [0.15, 0.2) is 23.0 Å². The van der Waals surface area contributed by atoms with Gasteiger partial charge in [0.05, 0.1) is 35.8 Å². The number of thioether (sulfide) groups is 1. The first-order chi connectivity index (χ1) is 27.3. The second kappa shape index (κ2) is 15.0. The third-order valence-corrected chi connectivity index (χ3v) is 15.3. The molecule has 2 aromatic carbocycles. The van der Waals surface area contributed by atoms with Crippen molar-refractivity contribution in [3.63, 3.8) is 0 Å². The fourth-order valence-corrected chi connectivity index (χ4v) is 12.4. The van der Waals surface area contributed by atoms with Crippen molar-refractivity contribution in [1.29, 1.82) is 5.26 Å². The number of aromatic nitrogens is 1. The summed E-state index contributed by atoms with van der Waals surface area (Å²) in [6, 6.07) is 17.3. The molecule has 3 aromatic heterocycles. The van der Waals surface area contributed by atoms with Crippen LogP contribution in [0.5, 0.6) is 23.0 Å². The number of nitriles is 1. The van der Waals surface area contributed by atoms with Gasteiger partial charge in [-0.05, 0) is 49.1 Å². The molecule has 0 saturated carbocycles. The van der Waals surface area contributed by atoms with Crippen LogP contribution < -0.4 is 18.9 Å². The van der Waals surface area contributed by atoms with E-state index in [4.69, 9.17) is 28.4 Å². The minimum absolute atomic E-state index is 0.309. The van der Waals surface area contributed by atoms with Gasteiger partial charge < -0.3 is 38.1 Å². The van der Waals surface area contributed by atoms with Gasteiger partial charge in [-0.25, -0.2) is 4.79 Å². The predicted molar refractivity (Wildman–Crippen MR) is 221 cm³/mol.